The molecule has 6 nitrogen and oxygen atoms in total. The fourth-order valence-electron chi connectivity index (χ4n) is 1.92. The van der Waals surface area contributed by atoms with Crippen molar-refractivity contribution in [2.24, 2.45) is 0 Å². The van der Waals surface area contributed by atoms with E-state index in [9.17, 15) is 22.8 Å². The molecule has 0 radical (unpaired) electrons. The van der Waals surface area contributed by atoms with Crippen LogP contribution in [0.4, 0.5) is 18.0 Å². The van der Waals surface area contributed by atoms with Crippen LogP contribution >= 0.6 is 0 Å². The standard InChI is InChI=1S/C16H22F3N3O3/c1-11(2)22-14(23)8-10-21-15(24)20-9-7-12-3-5-13(6-4-12)25-16(17,18)19/h3-6,11H,7-10H2,1-2H3,(H,22,23)(H2,20,21,24). The van der Waals surface area contributed by atoms with Gasteiger partial charge in [0.15, 0.2) is 0 Å². The molecule has 1 rings (SSSR count). The van der Waals surface area contributed by atoms with Crippen molar-refractivity contribution in [2.75, 3.05) is 13.1 Å². The van der Waals surface area contributed by atoms with Gasteiger partial charge >= 0.3 is 12.4 Å². The number of halogens is 3. The first kappa shape index (κ1) is 20.6. The molecule has 0 spiro atoms. The van der Waals surface area contributed by atoms with E-state index in [0.29, 0.717) is 13.0 Å². The summed E-state index contributed by atoms with van der Waals surface area (Å²) in [5, 5.41) is 7.87. The van der Waals surface area contributed by atoms with Crippen molar-refractivity contribution in [1.82, 2.24) is 16.0 Å². The zero-order chi connectivity index (χ0) is 18.9. The molecule has 0 aromatic heterocycles. The van der Waals surface area contributed by atoms with Gasteiger partial charge in [0.05, 0.1) is 0 Å². The fourth-order valence-corrected chi connectivity index (χ4v) is 1.92. The lowest BCUT2D eigenvalue weighted by molar-refractivity contribution is -0.274. The third-order valence-corrected chi connectivity index (χ3v) is 2.94. The first-order valence-electron chi connectivity index (χ1n) is 7.81. The van der Waals surface area contributed by atoms with E-state index in [-0.39, 0.29) is 30.7 Å². The van der Waals surface area contributed by atoms with Crippen LogP contribution in [0, 0.1) is 0 Å². The Morgan fingerprint density at radius 1 is 1.08 bits per heavy atom. The summed E-state index contributed by atoms with van der Waals surface area (Å²) in [4.78, 5) is 22.9. The van der Waals surface area contributed by atoms with Gasteiger partial charge in [0.1, 0.15) is 5.75 Å². The van der Waals surface area contributed by atoms with Crippen LogP contribution in [-0.4, -0.2) is 37.4 Å². The highest BCUT2D eigenvalue weighted by molar-refractivity contribution is 5.78. The maximum atomic E-state index is 12.0. The van der Waals surface area contributed by atoms with Crippen molar-refractivity contribution in [3.8, 4) is 5.75 Å². The molecule has 0 aliphatic carbocycles. The summed E-state index contributed by atoms with van der Waals surface area (Å²) in [6, 6.07) is 5.07. The predicted octanol–water partition coefficient (Wildman–Crippen LogP) is 2.34. The quantitative estimate of drug-likeness (QED) is 0.665. The van der Waals surface area contributed by atoms with E-state index < -0.39 is 12.4 Å². The van der Waals surface area contributed by atoms with Crippen molar-refractivity contribution in [3.63, 3.8) is 0 Å². The summed E-state index contributed by atoms with van der Waals surface area (Å²) in [6.45, 7) is 4.22. The first-order valence-corrected chi connectivity index (χ1v) is 7.81. The lowest BCUT2D eigenvalue weighted by Gasteiger charge is -2.10. The van der Waals surface area contributed by atoms with E-state index in [1.165, 1.54) is 24.3 Å². The predicted molar refractivity (Wildman–Crippen MR) is 86.1 cm³/mol. The average Bonchev–Trinajstić information content (AvgIpc) is 2.46. The Balaban J connectivity index is 2.21. The Bertz CT molecular complexity index is 560. The number of carbonyl (C=O) groups excluding carboxylic acids is 2. The molecule has 25 heavy (non-hydrogen) atoms. The van der Waals surface area contributed by atoms with Crippen molar-refractivity contribution < 1.29 is 27.5 Å². The van der Waals surface area contributed by atoms with Crippen molar-refractivity contribution in [3.05, 3.63) is 29.8 Å². The van der Waals surface area contributed by atoms with Gasteiger partial charge in [-0.25, -0.2) is 4.79 Å². The number of carbonyl (C=O) groups is 2. The van der Waals surface area contributed by atoms with E-state index in [1.54, 1.807) is 0 Å². The molecular formula is C16H22F3N3O3. The maximum Gasteiger partial charge on any atom is 0.573 e. The van der Waals surface area contributed by atoms with E-state index in [1.807, 2.05) is 13.8 Å². The Morgan fingerprint density at radius 3 is 2.24 bits per heavy atom. The van der Waals surface area contributed by atoms with Crippen LogP contribution in [0.1, 0.15) is 25.8 Å². The minimum absolute atomic E-state index is 0.0502. The van der Waals surface area contributed by atoms with Crippen LogP contribution in [0.3, 0.4) is 0 Å². The number of rotatable bonds is 8. The molecule has 0 bridgehead atoms. The molecule has 3 N–H and O–H groups in total. The minimum atomic E-state index is -4.72. The Labute approximate surface area is 144 Å². The summed E-state index contributed by atoms with van der Waals surface area (Å²) in [7, 11) is 0. The molecule has 1 aromatic carbocycles. The lowest BCUT2D eigenvalue weighted by atomic mass is 10.1. The largest absolute Gasteiger partial charge is 0.573 e. The highest BCUT2D eigenvalue weighted by atomic mass is 19.4. The normalized spacial score (nSPS) is 11.1. The number of hydrogen-bond acceptors (Lipinski definition) is 3. The highest BCUT2D eigenvalue weighted by Gasteiger charge is 2.30. The van der Waals surface area contributed by atoms with Crippen molar-refractivity contribution >= 4 is 11.9 Å². The van der Waals surface area contributed by atoms with Crippen LogP contribution < -0.4 is 20.7 Å². The first-order chi connectivity index (χ1) is 11.7. The molecule has 0 fully saturated rings. The SMILES string of the molecule is CC(C)NC(=O)CCNC(=O)NCCc1ccc(OC(F)(F)F)cc1. The molecule has 0 heterocycles. The summed E-state index contributed by atoms with van der Waals surface area (Å²) in [5.41, 5.74) is 0.756. The zero-order valence-electron chi connectivity index (χ0n) is 14.1. The van der Waals surface area contributed by atoms with Gasteiger partial charge in [0, 0.05) is 25.6 Å². The number of ether oxygens (including phenoxy) is 1. The van der Waals surface area contributed by atoms with Crippen molar-refractivity contribution in [2.45, 2.75) is 39.1 Å². The number of amides is 3. The van der Waals surface area contributed by atoms with Gasteiger partial charge in [0.2, 0.25) is 5.91 Å². The van der Waals surface area contributed by atoms with Gasteiger partial charge in [-0.2, -0.15) is 0 Å². The van der Waals surface area contributed by atoms with E-state index in [4.69, 9.17) is 0 Å². The van der Waals surface area contributed by atoms with E-state index >= 15 is 0 Å². The molecule has 3 amide bonds. The van der Waals surface area contributed by atoms with Crippen LogP contribution in [-0.2, 0) is 11.2 Å². The number of nitrogens with one attached hydrogen (secondary N) is 3. The molecule has 9 heteroatoms. The van der Waals surface area contributed by atoms with Gasteiger partial charge in [-0.15, -0.1) is 13.2 Å². The fraction of sp³-hybridized carbons (Fsp3) is 0.500. The summed E-state index contributed by atoms with van der Waals surface area (Å²) in [5.74, 6) is -0.432. The number of hydrogen-bond donors (Lipinski definition) is 3. The third-order valence-electron chi connectivity index (χ3n) is 2.94. The molecule has 0 aliphatic rings. The maximum absolute atomic E-state index is 12.0. The lowest BCUT2D eigenvalue weighted by Crippen LogP contribution is -2.39. The Morgan fingerprint density at radius 2 is 1.68 bits per heavy atom. The van der Waals surface area contributed by atoms with Crippen molar-refractivity contribution in [1.29, 1.82) is 0 Å². The molecule has 0 saturated carbocycles. The Kier molecular flexibility index (Phi) is 8.03. The van der Waals surface area contributed by atoms with Gasteiger partial charge in [-0.05, 0) is 38.0 Å². The second-order valence-corrected chi connectivity index (χ2v) is 5.60. The zero-order valence-corrected chi connectivity index (χ0v) is 14.1. The highest BCUT2D eigenvalue weighted by Crippen LogP contribution is 2.22. The smallest absolute Gasteiger partial charge is 0.406 e. The van der Waals surface area contributed by atoms with Crippen LogP contribution in [0.2, 0.25) is 0 Å². The summed E-state index contributed by atoms with van der Waals surface area (Å²) >= 11 is 0. The molecule has 140 valence electrons. The van der Waals surface area contributed by atoms with Gasteiger partial charge in [0.25, 0.3) is 0 Å². The van der Waals surface area contributed by atoms with Gasteiger partial charge in [-0.1, -0.05) is 12.1 Å². The number of urea groups is 1. The topological polar surface area (TPSA) is 79.5 Å². The minimum Gasteiger partial charge on any atom is -0.406 e. The van der Waals surface area contributed by atoms with Crippen LogP contribution in [0.25, 0.3) is 0 Å². The molecule has 0 atom stereocenters. The summed E-state index contributed by atoms with van der Waals surface area (Å²) < 4.78 is 39.9. The summed E-state index contributed by atoms with van der Waals surface area (Å²) in [6.07, 6.45) is -4.08. The molecule has 0 aliphatic heterocycles. The Hall–Kier alpha value is -2.45. The second-order valence-electron chi connectivity index (χ2n) is 5.60. The molecular weight excluding hydrogens is 339 g/mol. The second kappa shape index (κ2) is 9.75. The molecule has 0 unspecified atom stereocenters. The monoisotopic (exact) mass is 361 g/mol. The van der Waals surface area contributed by atoms with Gasteiger partial charge in [-0.3, -0.25) is 4.79 Å². The number of alkyl halides is 3. The van der Waals surface area contributed by atoms with E-state index in [0.717, 1.165) is 5.56 Å². The van der Waals surface area contributed by atoms with Crippen LogP contribution in [0.5, 0.6) is 5.75 Å². The van der Waals surface area contributed by atoms with Gasteiger partial charge < -0.3 is 20.7 Å². The average molecular weight is 361 g/mol. The third kappa shape index (κ3) is 10.1. The number of benzene rings is 1. The molecule has 1 aromatic rings. The molecule has 0 saturated heterocycles. The van der Waals surface area contributed by atoms with Crippen LogP contribution in [0.15, 0.2) is 24.3 Å². The van der Waals surface area contributed by atoms with E-state index in [2.05, 4.69) is 20.7 Å².